The monoisotopic (exact) mass is 340 g/mol. The third kappa shape index (κ3) is 4.78. The topological polar surface area (TPSA) is 58.1 Å². The zero-order valence-electron chi connectivity index (χ0n) is 16.1. The van der Waals surface area contributed by atoms with Crippen LogP contribution >= 0.6 is 0 Å². The van der Waals surface area contributed by atoms with Gasteiger partial charge in [0.15, 0.2) is 0 Å². The van der Waals surface area contributed by atoms with Gasteiger partial charge in [0, 0.05) is 24.5 Å². The molecule has 25 heavy (non-hydrogen) atoms. The molecule has 0 aliphatic heterocycles. The first-order chi connectivity index (χ1) is 11.7. The Kier molecular flexibility index (Phi) is 5.77. The summed E-state index contributed by atoms with van der Waals surface area (Å²) in [4.78, 5) is 23.5. The van der Waals surface area contributed by atoms with E-state index in [4.69, 9.17) is 0 Å². The zero-order valence-corrected chi connectivity index (χ0v) is 16.1. The highest BCUT2D eigenvalue weighted by Crippen LogP contribution is 2.23. The van der Waals surface area contributed by atoms with E-state index in [1.165, 1.54) is 5.56 Å². The van der Waals surface area contributed by atoms with Crippen molar-refractivity contribution in [1.29, 1.82) is 0 Å². The van der Waals surface area contributed by atoms with Crippen LogP contribution in [0.2, 0.25) is 0 Å². The second kappa shape index (κ2) is 7.64. The van der Waals surface area contributed by atoms with Gasteiger partial charge in [-0.25, -0.2) is 9.97 Å². The second-order valence-corrected chi connectivity index (χ2v) is 7.15. The Bertz CT molecular complexity index is 728. The van der Waals surface area contributed by atoms with Crippen molar-refractivity contribution in [1.82, 2.24) is 9.97 Å². The smallest absolute Gasteiger partial charge is 0.274 e. The lowest BCUT2D eigenvalue weighted by atomic mass is 9.87. The SMILES string of the molecule is CCN(CC)c1nc(C)cc(C(=O)Nc2ccc(C(C)(C)C)cc2)n1. The number of carbonyl (C=O) groups excluding carboxylic acids is 1. The average molecular weight is 340 g/mol. The number of amides is 1. The van der Waals surface area contributed by atoms with Gasteiger partial charge in [-0.15, -0.1) is 0 Å². The summed E-state index contributed by atoms with van der Waals surface area (Å²) in [6, 6.07) is 9.66. The molecule has 1 aromatic carbocycles. The predicted molar refractivity (Wildman–Crippen MR) is 103 cm³/mol. The molecule has 5 nitrogen and oxygen atoms in total. The quantitative estimate of drug-likeness (QED) is 0.887. The van der Waals surface area contributed by atoms with Crippen LogP contribution in [0.15, 0.2) is 30.3 Å². The van der Waals surface area contributed by atoms with Gasteiger partial charge in [0.2, 0.25) is 5.95 Å². The molecule has 0 saturated heterocycles. The van der Waals surface area contributed by atoms with Crippen molar-refractivity contribution in [2.75, 3.05) is 23.3 Å². The van der Waals surface area contributed by atoms with Gasteiger partial charge < -0.3 is 10.2 Å². The fourth-order valence-corrected chi connectivity index (χ4v) is 2.57. The van der Waals surface area contributed by atoms with Crippen LogP contribution in [0.5, 0.6) is 0 Å². The molecule has 0 atom stereocenters. The third-order valence-corrected chi connectivity index (χ3v) is 4.13. The van der Waals surface area contributed by atoms with Crippen molar-refractivity contribution in [3.05, 3.63) is 47.3 Å². The predicted octanol–water partition coefficient (Wildman–Crippen LogP) is 4.18. The Morgan fingerprint density at radius 1 is 1.08 bits per heavy atom. The molecular weight excluding hydrogens is 312 g/mol. The fourth-order valence-electron chi connectivity index (χ4n) is 2.57. The van der Waals surface area contributed by atoms with Gasteiger partial charge in [0.1, 0.15) is 5.69 Å². The molecule has 1 amide bonds. The molecule has 2 aromatic rings. The van der Waals surface area contributed by atoms with E-state index in [1.807, 2.05) is 49.9 Å². The van der Waals surface area contributed by atoms with E-state index in [2.05, 4.69) is 36.1 Å². The Labute approximate surface area is 150 Å². The number of nitrogens with zero attached hydrogens (tertiary/aromatic N) is 3. The normalized spacial score (nSPS) is 11.3. The molecule has 0 aliphatic carbocycles. The lowest BCUT2D eigenvalue weighted by Gasteiger charge is -2.20. The second-order valence-electron chi connectivity index (χ2n) is 7.15. The van der Waals surface area contributed by atoms with Crippen LogP contribution in [-0.4, -0.2) is 29.0 Å². The molecule has 5 heteroatoms. The van der Waals surface area contributed by atoms with Gasteiger partial charge in [0.25, 0.3) is 5.91 Å². The van der Waals surface area contributed by atoms with Crippen LogP contribution < -0.4 is 10.2 Å². The maximum Gasteiger partial charge on any atom is 0.274 e. The molecule has 2 rings (SSSR count). The molecule has 0 spiro atoms. The van der Waals surface area contributed by atoms with Crippen molar-refractivity contribution in [3.63, 3.8) is 0 Å². The molecule has 0 radical (unpaired) electrons. The zero-order chi connectivity index (χ0) is 18.6. The maximum atomic E-state index is 12.6. The van der Waals surface area contributed by atoms with Gasteiger partial charge >= 0.3 is 0 Å². The number of hydrogen-bond donors (Lipinski definition) is 1. The molecule has 0 aliphatic rings. The lowest BCUT2D eigenvalue weighted by Crippen LogP contribution is -2.26. The van der Waals surface area contributed by atoms with E-state index in [-0.39, 0.29) is 11.3 Å². The Morgan fingerprint density at radius 3 is 2.20 bits per heavy atom. The number of hydrogen-bond acceptors (Lipinski definition) is 4. The van der Waals surface area contributed by atoms with E-state index in [0.29, 0.717) is 11.6 Å². The summed E-state index contributed by atoms with van der Waals surface area (Å²) in [7, 11) is 0. The number of nitrogens with one attached hydrogen (secondary N) is 1. The first-order valence-electron chi connectivity index (χ1n) is 8.77. The summed E-state index contributed by atoms with van der Waals surface area (Å²) in [5, 5.41) is 2.92. The van der Waals surface area contributed by atoms with Gasteiger partial charge in [-0.2, -0.15) is 0 Å². The van der Waals surface area contributed by atoms with Crippen LogP contribution in [0.4, 0.5) is 11.6 Å². The first-order valence-corrected chi connectivity index (χ1v) is 8.77. The number of aryl methyl sites for hydroxylation is 1. The summed E-state index contributed by atoms with van der Waals surface area (Å²) >= 11 is 0. The van der Waals surface area contributed by atoms with E-state index in [1.54, 1.807) is 6.07 Å². The number of aromatic nitrogens is 2. The van der Waals surface area contributed by atoms with Gasteiger partial charge in [-0.05, 0) is 49.9 Å². The van der Waals surface area contributed by atoms with Crippen LogP contribution in [-0.2, 0) is 5.41 Å². The Balaban J connectivity index is 2.20. The summed E-state index contributed by atoms with van der Waals surface area (Å²) in [5.41, 5.74) is 3.25. The molecule has 0 unspecified atom stereocenters. The molecule has 134 valence electrons. The van der Waals surface area contributed by atoms with Crippen LogP contribution in [0.3, 0.4) is 0 Å². The number of rotatable bonds is 5. The van der Waals surface area contributed by atoms with Crippen molar-refractivity contribution in [3.8, 4) is 0 Å². The molecular formula is C20H28N4O. The maximum absolute atomic E-state index is 12.6. The van der Waals surface area contributed by atoms with Crippen LogP contribution in [0.25, 0.3) is 0 Å². The van der Waals surface area contributed by atoms with Crippen molar-refractivity contribution < 1.29 is 4.79 Å². The minimum Gasteiger partial charge on any atom is -0.341 e. The summed E-state index contributed by atoms with van der Waals surface area (Å²) < 4.78 is 0. The number of carbonyl (C=O) groups is 1. The Hall–Kier alpha value is -2.43. The molecule has 0 fully saturated rings. The Morgan fingerprint density at radius 2 is 1.68 bits per heavy atom. The fraction of sp³-hybridized carbons (Fsp3) is 0.450. The highest BCUT2D eigenvalue weighted by Gasteiger charge is 2.15. The van der Waals surface area contributed by atoms with Crippen LogP contribution in [0.1, 0.15) is 56.4 Å². The van der Waals surface area contributed by atoms with Gasteiger partial charge in [-0.3, -0.25) is 4.79 Å². The van der Waals surface area contributed by atoms with Crippen molar-refractivity contribution in [2.24, 2.45) is 0 Å². The van der Waals surface area contributed by atoms with Gasteiger partial charge in [0.05, 0.1) is 0 Å². The summed E-state index contributed by atoms with van der Waals surface area (Å²) in [6.07, 6.45) is 0. The molecule has 0 bridgehead atoms. The average Bonchev–Trinajstić information content (AvgIpc) is 2.55. The van der Waals surface area contributed by atoms with Crippen molar-refractivity contribution in [2.45, 2.75) is 47.0 Å². The third-order valence-electron chi connectivity index (χ3n) is 4.13. The molecule has 1 aromatic heterocycles. The highest BCUT2D eigenvalue weighted by molar-refractivity contribution is 6.03. The van der Waals surface area contributed by atoms with Gasteiger partial charge in [-0.1, -0.05) is 32.9 Å². The van der Waals surface area contributed by atoms with Crippen LogP contribution in [0, 0.1) is 6.92 Å². The lowest BCUT2D eigenvalue weighted by molar-refractivity contribution is 0.102. The van der Waals surface area contributed by atoms with E-state index in [0.717, 1.165) is 24.5 Å². The van der Waals surface area contributed by atoms with E-state index in [9.17, 15) is 4.79 Å². The summed E-state index contributed by atoms with van der Waals surface area (Å²) in [6.45, 7) is 14.1. The van der Waals surface area contributed by atoms with E-state index < -0.39 is 0 Å². The molecule has 1 N–H and O–H groups in total. The largest absolute Gasteiger partial charge is 0.341 e. The van der Waals surface area contributed by atoms with E-state index >= 15 is 0 Å². The van der Waals surface area contributed by atoms with Crippen molar-refractivity contribution >= 4 is 17.5 Å². The number of anilines is 2. The molecule has 0 saturated carbocycles. The number of benzene rings is 1. The first kappa shape index (κ1) is 18.9. The minimum atomic E-state index is -0.220. The molecule has 1 heterocycles. The summed E-state index contributed by atoms with van der Waals surface area (Å²) in [5.74, 6) is 0.376. The minimum absolute atomic E-state index is 0.0883. The standard InChI is InChI=1S/C20H28N4O/c1-7-24(8-2)19-21-14(3)13-17(23-19)18(25)22-16-11-9-15(10-12-16)20(4,5)6/h9-13H,7-8H2,1-6H3,(H,22,25). The highest BCUT2D eigenvalue weighted by atomic mass is 16.1.